The fourth-order valence-electron chi connectivity index (χ4n) is 2.73. The average molecular weight is 290 g/mol. The van der Waals surface area contributed by atoms with Gasteiger partial charge < -0.3 is 15.7 Å². The first-order valence-electron chi connectivity index (χ1n) is 7.31. The van der Waals surface area contributed by atoms with Crippen molar-refractivity contribution in [3.8, 4) is 0 Å². The van der Waals surface area contributed by atoms with Crippen molar-refractivity contribution in [2.24, 2.45) is 5.92 Å². The molecule has 114 valence electrons. The summed E-state index contributed by atoms with van der Waals surface area (Å²) in [6, 6.07) is 6.95. The monoisotopic (exact) mass is 290 g/mol. The van der Waals surface area contributed by atoms with Crippen molar-refractivity contribution in [2.75, 3.05) is 5.32 Å². The molecule has 2 amide bonds. The molecular weight excluding hydrogens is 268 g/mol. The number of carboxylic acid groups (broad SMARTS) is 1. The van der Waals surface area contributed by atoms with Gasteiger partial charge in [-0.25, -0.2) is 9.59 Å². The van der Waals surface area contributed by atoms with Gasteiger partial charge in [0.1, 0.15) is 5.54 Å². The number of anilines is 1. The zero-order chi connectivity index (χ0) is 15.5. The number of carboxylic acids is 1. The van der Waals surface area contributed by atoms with E-state index in [9.17, 15) is 14.7 Å². The maximum absolute atomic E-state index is 12.1. The van der Waals surface area contributed by atoms with Gasteiger partial charge >= 0.3 is 12.0 Å². The molecule has 5 heteroatoms. The Kier molecular flexibility index (Phi) is 4.50. The number of aryl methyl sites for hydroxylation is 1. The Labute approximate surface area is 124 Å². The summed E-state index contributed by atoms with van der Waals surface area (Å²) < 4.78 is 0. The summed E-state index contributed by atoms with van der Waals surface area (Å²) in [6.07, 6.45) is 2.59. The van der Waals surface area contributed by atoms with Crippen LogP contribution in [-0.2, 0) is 4.79 Å². The highest BCUT2D eigenvalue weighted by molar-refractivity contribution is 5.94. The molecule has 2 rings (SSSR count). The van der Waals surface area contributed by atoms with Crippen LogP contribution in [0.5, 0.6) is 0 Å². The minimum atomic E-state index is -1.14. The van der Waals surface area contributed by atoms with Crippen molar-refractivity contribution in [2.45, 2.75) is 45.1 Å². The van der Waals surface area contributed by atoms with Crippen LogP contribution in [0.1, 0.15) is 38.2 Å². The number of para-hydroxylation sites is 1. The highest BCUT2D eigenvalue weighted by Crippen LogP contribution is 2.32. The Bertz CT molecular complexity index is 534. The Morgan fingerprint density at radius 2 is 1.86 bits per heavy atom. The lowest BCUT2D eigenvalue weighted by atomic mass is 9.77. The van der Waals surface area contributed by atoms with Crippen molar-refractivity contribution in [3.63, 3.8) is 0 Å². The van der Waals surface area contributed by atoms with Crippen LogP contribution in [-0.4, -0.2) is 22.6 Å². The molecule has 0 aliphatic heterocycles. The zero-order valence-electron chi connectivity index (χ0n) is 12.5. The quantitative estimate of drug-likeness (QED) is 0.800. The minimum absolute atomic E-state index is 0.457. The molecule has 0 unspecified atom stereocenters. The Morgan fingerprint density at radius 3 is 2.43 bits per heavy atom. The zero-order valence-corrected chi connectivity index (χ0v) is 12.5. The number of urea groups is 1. The normalized spacial score (nSPS) is 25.1. The van der Waals surface area contributed by atoms with Gasteiger partial charge in [0.05, 0.1) is 0 Å². The molecule has 1 fully saturated rings. The van der Waals surface area contributed by atoms with Crippen LogP contribution in [0.3, 0.4) is 0 Å². The van der Waals surface area contributed by atoms with Crippen LogP contribution in [0.4, 0.5) is 10.5 Å². The van der Waals surface area contributed by atoms with Gasteiger partial charge in [0.2, 0.25) is 0 Å². The van der Waals surface area contributed by atoms with E-state index < -0.39 is 17.5 Å². The van der Waals surface area contributed by atoms with E-state index in [1.165, 1.54) is 0 Å². The lowest BCUT2D eigenvalue weighted by Gasteiger charge is -2.36. The van der Waals surface area contributed by atoms with Crippen LogP contribution in [0.15, 0.2) is 24.3 Å². The molecule has 0 atom stereocenters. The number of benzene rings is 1. The molecule has 1 aliphatic carbocycles. The topological polar surface area (TPSA) is 78.4 Å². The van der Waals surface area contributed by atoms with Crippen LogP contribution in [0, 0.1) is 12.8 Å². The molecule has 1 aromatic carbocycles. The number of aliphatic carboxylic acids is 1. The van der Waals surface area contributed by atoms with Crippen LogP contribution in [0.2, 0.25) is 0 Å². The number of carbonyl (C=O) groups is 2. The summed E-state index contributed by atoms with van der Waals surface area (Å²) in [5.41, 5.74) is 0.494. The average Bonchev–Trinajstić information content (AvgIpc) is 2.44. The number of carbonyl (C=O) groups excluding carboxylic acids is 1. The lowest BCUT2D eigenvalue weighted by Crippen LogP contribution is -2.57. The molecule has 1 aromatic rings. The minimum Gasteiger partial charge on any atom is -0.480 e. The third-order valence-corrected chi connectivity index (χ3v) is 4.28. The number of hydrogen-bond donors (Lipinski definition) is 3. The molecule has 0 heterocycles. The fraction of sp³-hybridized carbons (Fsp3) is 0.500. The van der Waals surface area contributed by atoms with Crippen LogP contribution in [0.25, 0.3) is 0 Å². The third kappa shape index (κ3) is 3.54. The molecule has 1 aliphatic rings. The summed E-state index contributed by atoms with van der Waals surface area (Å²) >= 11 is 0. The second kappa shape index (κ2) is 6.16. The molecule has 5 nitrogen and oxygen atoms in total. The van der Waals surface area contributed by atoms with E-state index in [0.717, 1.165) is 18.4 Å². The van der Waals surface area contributed by atoms with Gasteiger partial charge in [-0.15, -0.1) is 0 Å². The lowest BCUT2D eigenvalue weighted by molar-refractivity contribution is -0.146. The SMILES string of the molecule is Cc1ccccc1NC(=O)NC1(C(=O)O)CCC(C)CC1. The molecular formula is C16H22N2O3. The molecule has 21 heavy (non-hydrogen) atoms. The Morgan fingerprint density at radius 1 is 1.24 bits per heavy atom. The summed E-state index contributed by atoms with van der Waals surface area (Å²) in [5, 5.41) is 14.9. The molecule has 1 saturated carbocycles. The Balaban J connectivity index is 2.06. The van der Waals surface area contributed by atoms with E-state index in [1.54, 1.807) is 6.07 Å². The van der Waals surface area contributed by atoms with E-state index in [4.69, 9.17) is 0 Å². The van der Waals surface area contributed by atoms with Gasteiger partial charge in [-0.05, 0) is 50.2 Å². The molecule has 0 saturated heterocycles. The molecule has 0 spiro atoms. The van der Waals surface area contributed by atoms with Crippen molar-refractivity contribution in [1.82, 2.24) is 5.32 Å². The summed E-state index contributed by atoms with van der Waals surface area (Å²) in [6.45, 7) is 4.00. The third-order valence-electron chi connectivity index (χ3n) is 4.28. The number of nitrogens with one attached hydrogen (secondary N) is 2. The van der Waals surface area contributed by atoms with Crippen molar-refractivity contribution >= 4 is 17.7 Å². The smallest absolute Gasteiger partial charge is 0.329 e. The highest BCUT2D eigenvalue weighted by Gasteiger charge is 2.42. The largest absolute Gasteiger partial charge is 0.480 e. The van der Waals surface area contributed by atoms with Gasteiger partial charge in [0, 0.05) is 5.69 Å². The van der Waals surface area contributed by atoms with Crippen molar-refractivity contribution in [3.05, 3.63) is 29.8 Å². The van der Waals surface area contributed by atoms with Crippen molar-refractivity contribution < 1.29 is 14.7 Å². The number of rotatable bonds is 3. The molecule has 3 N–H and O–H groups in total. The predicted molar refractivity (Wildman–Crippen MR) is 81.3 cm³/mol. The van der Waals surface area contributed by atoms with Gasteiger partial charge in [-0.2, -0.15) is 0 Å². The van der Waals surface area contributed by atoms with E-state index >= 15 is 0 Å². The second-order valence-electron chi connectivity index (χ2n) is 5.96. The number of hydrogen-bond acceptors (Lipinski definition) is 2. The molecule has 0 aromatic heterocycles. The van der Waals surface area contributed by atoms with Gasteiger partial charge in [0.15, 0.2) is 0 Å². The van der Waals surface area contributed by atoms with Gasteiger partial charge in [-0.3, -0.25) is 0 Å². The second-order valence-corrected chi connectivity index (χ2v) is 5.96. The van der Waals surface area contributed by atoms with E-state index in [1.807, 2.05) is 25.1 Å². The van der Waals surface area contributed by atoms with Gasteiger partial charge in [0.25, 0.3) is 0 Å². The van der Waals surface area contributed by atoms with Gasteiger partial charge in [-0.1, -0.05) is 25.1 Å². The first kappa shape index (κ1) is 15.4. The maximum atomic E-state index is 12.1. The summed E-state index contributed by atoms with van der Waals surface area (Å²) in [7, 11) is 0. The maximum Gasteiger partial charge on any atom is 0.329 e. The standard InChI is InChI=1S/C16H22N2O3/c1-11-7-9-16(10-8-11,14(19)20)18-15(21)17-13-6-4-3-5-12(13)2/h3-6,11H,7-10H2,1-2H3,(H,19,20)(H2,17,18,21). The first-order valence-corrected chi connectivity index (χ1v) is 7.31. The van der Waals surface area contributed by atoms with Crippen molar-refractivity contribution in [1.29, 1.82) is 0 Å². The van der Waals surface area contributed by atoms with Crippen LogP contribution < -0.4 is 10.6 Å². The van der Waals surface area contributed by atoms with E-state index in [-0.39, 0.29) is 0 Å². The number of amides is 2. The summed E-state index contributed by atoms with van der Waals surface area (Å²) in [4.78, 5) is 23.7. The predicted octanol–water partition coefficient (Wildman–Crippen LogP) is 3.15. The van der Waals surface area contributed by atoms with E-state index in [2.05, 4.69) is 17.6 Å². The van der Waals surface area contributed by atoms with E-state index in [0.29, 0.717) is 24.4 Å². The Hall–Kier alpha value is -2.04. The van der Waals surface area contributed by atoms with Crippen LogP contribution >= 0.6 is 0 Å². The highest BCUT2D eigenvalue weighted by atomic mass is 16.4. The molecule has 0 bridgehead atoms. The first-order chi connectivity index (χ1) is 9.93. The fourth-order valence-corrected chi connectivity index (χ4v) is 2.73. The molecule has 0 radical (unpaired) electrons. The summed E-state index contributed by atoms with van der Waals surface area (Å²) in [5.74, 6) is -0.437.